The number of aromatic nitrogens is 1. The first-order valence-electron chi connectivity index (χ1n) is 5.73. The van der Waals surface area contributed by atoms with E-state index in [9.17, 15) is 0 Å². The maximum atomic E-state index is 4.74. The minimum absolute atomic E-state index is 0.481. The summed E-state index contributed by atoms with van der Waals surface area (Å²) in [5.74, 6) is 0. The zero-order valence-corrected chi connectivity index (χ0v) is 10.1. The fourth-order valence-electron chi connectivity index (χ4n) is 2.22. The molecule has 0 fully saturated rings. The van der Waals surface area contributed by atoms with Crippen molar-refractivity contribution >= 4 is 27.3 Å². The van der Waals surface area contributed by atoms with Crippen molar-refractivity contribution in [2.75, 3.05) is 0 Å². The number of aliphatic imine (C=N–C) groups is 1. The molecule has 0 saturated heterocycles. The van der Waals surface area contributed by atoms with Crippen molar-refractivity contribution < 1.29 is 0 Å². The zero-order chi connectivity index (χ0) is 11.0. The van der Waals surface area contributed by atoms with Gasteiger partial charge >= 0.3 is 0 Å². The lowest BCUT2D eigenvalue weighted by molar-refractivity contribution is 0.610. The van der Waals surface area contributed by atoms with Crippen LogP contribution in [0.1, 0.15) is 31.7 Å². The van der Waals surface area contributed by atoms with E-state index in [1.165, 1.54) is 28.8 Å². The molecule has 16 heavy (non-hydrogen) atoms. The predicted octanol–water partition coefficient (Wildman–Crippen LogP) is 3.66. The molecule has 0 radical (unpaired) electrons. The van der Waals surface area contributed by atoms with E-state index in [1.54, 1.807) is 11.3 Å². The molecule has 2 heterocycles. The molecular formula is C13H14N2S. The minimum atomic E-state index is 0.481. The van der Waals surface area contributed by atoms with Gasteiger partial charge in [0.25, 0.3) is 0 Å². The van der Waals surface area contributed by atoms with E-state index < -0.39 is 0 Å². The van der Waals surface area contributed by atoms with Crippen LogP contribution in [0.4, 0.5) is 0 Å². The first-order chi connectivity index (χ1) is 7.83. The summed E-state index contributed by atoms with van der Waals surface area (Å²) in [7, 11) is 0. The number of hydrogen-bond donors (Lipinski definition) is 0. The number of fused-ring (bicyclic) bond motifs is 1. The van der Waals surface area contributed by atoms with Crippen molar-refractivity contribution in [1.82, 2.24) is 4.98 Å². The molecule has 1 aliphatic heterocycles. The third-order valence-corrected chi connectivity index (χ3v) is 3.89. The summed E-state index contributed by atoms with van der Waals surface area (Å²) in [6, 6.07) is 6.99. The van der Waals surface area contributed by atoms with E-state index in [-0.39, 0.29) is 0 Å². The first kappa shape index (κ1) is 9.97. The van der Waals surface area contributed by atoms with E-state index >= 15 is 0 Å². The Morgan fingerprint density at radius 1 is 1.38 bits per heavy atom. The summed E-state index contributed by atoms with van der Waals surface area (Å²) in [5.41, 5.74) is 5.52. The number of thiazole rings is 1. The third-order valence-electron chi connectivity index (χ3n) is 3.08. The lowest BCUT2D eigenvalue weighted by atomic mass is 9.98. The van der Waals surface area contributed by atoms with Crippen molar-refractivity contribution in [3.05, 3.63) is 29.3 Å². The van der Waals surface area contributed by atoms with Gasteiger partial charge in [0, 0.05) is 11.8 Å². The van der Waals surface area contributed by atoms with Gasteiger partial charge in [-0.15, -0.1) is 11.3 Å². The average molecular weight is 230 g/mol. The Hall–Kier alpha value is -1.22. The Morgan fingerprint density at radius 2 is 2.31 bits per heavy atom. The van der Waals surface area contributed by atoms with Crippen LogP contribution < -0.4 is 0 Å². The van der Waals surface area contributed by atoms with Crippen LogP contribution in [-0.4, -0.2) is 16.7 Å². The van der Waals surface area contributed by atoms with Gasteiger partial charge < -0.3 is 0 Å². The molecule has 3 heteroatoms. The maximum Gasteiger partial charge on any atom is 0.0818 e. The molecule has 0 aliphatic carbocycles. The van der Waals surface area contributed by atoms with E-state index in [0.29, 0.717) is 6.04 Å². The first-order valence-corrected chi connectivity index (χ1v) is 6.61. The largest absolute Gasteiger partial charge is 0.286 e. The number of rotatable bonds is 1. The number of nitrogens with zero attached hydrogens (tertiary/aromatic N) is 2. The second-order valence-corrected chi connectivity index (χ2v) is 5.24. The second-order valence-electron chi connectivity index (χ2n) is 4.35. The summed E-state index contributed by atoms with van der Waals surface area (Å²) < 4.78 is 1.26. The Balaban J connectivity index is 2.04. The third kappa shape index (κ3) is 1.76. The fourth-order valence-corrected chi connectivity index (χ4v) is 2.88. The molecule has 1 aromatic carbocycles. The summed E-state index contributed by atoms with van der Waals surface area (Å²) in [5, 5.41) is 0. The minimum Gasteiger partial charge on any atom is -0.286 e. The molecule has 2 aromatic rings. The van der Waals surface area contributed by atoms with Gasteiger partial charge in [0.1, 0.15) is 0 Å². The maximum absolute atomic E-state index is 4.74. The lowest BCUT2D eigenvalue weighted by Crippen LogP contribution is -2.13. The normalized spacial score (nSPS) is 21.1. The van der Waals surface area contributed by atoms with Crippen molar-refractivity contribution in [3.8, 4) is 0 Å². The Labute approximate surface area is 99.1 Å². The Bertz CT molecular complexity index is 542. The molecule has 2 nitrogen and oxygen atoms in total. The predicted molar refractivity (Wildman–Crippen MR) is 69.5 cm³/mol. The standard InChI is InChI=1S/C13H14N2S/c1-9-3-2-4-11(15-9)10-5-6-13-12(7-10)14-8-16-13/h5-9H,2-4H2,1H3. The Morgan fingerprint density at radius 3 is 3.19 bits per heavy atom. The summed E-state index contributed by atoms with van der Waals surface area (Å²) in [6.07, 6.45) is 3.59. The molecule has 0 bridgehead atoms. The molecule has 1 aliphatic rings. The van der Waals surface area contributed by atoms with Crippen LogP contribution in [0.5, 0.6) is 0 Å². The molecule has 3 rings (SSSR count). The van der Waals surface area contributed by atoms with Crippen molar-refractivity contribution in [3.63, 3.8) is 0 Å². The van der Waals surface area contributed by atoms with Gasteiger partial charge in [-0.1, -0.05) is 6.07 Å². The molecule has 0 spiro atoms. The van der Waals surface area contributed by atoms with Crippen molar-refractivity contribution in [1.29, 1.82) is 0 Å². The number of benzene rings is 1. The van der Waals surface area contributed by atoms with Gasteiger partial charge in [-0.05, 0) is 43.9 Å². The van der Waals surface area contributed by atoms with Gasteiger partial charge in [-0.3, -0.25) is 4.99 Å². The molecule has 1 unspecified atom stereocenters. The molecule has 82 valence electrons. The van der Waals surface area contributed by atoms with Crippen LogP contribution in [0.25, 0.3) is 10.2 Å². The van der Waals surface area contributed by atoms with E-state index in [0.717, 1.165) is 11.9 Å². The lowest BCUT2D eigenvalue weighted by Gasteiger charge is -2.17. The highest BCUT2D eigenvalue weighted by molar-refractivity contribution is 7.16. The molecule has 0 amide bonds. The van der Waals surface area contributed by atoms with Crippen LogP contribution in [0, 0.1) is 0 Å². The van der Waals surface area contributed by atoms with Crippen LogP contribution in [0.15, 0.2) is 28.7 Å². The summed E-state index contributed by atoms with van der Waals surface area (Å²) >= 11 is 1.69. The number of hydrogen-bond acceptors (Lipinski definition) is 3. The fraction of sp³-hybridized carbons (Fsp3) is 0.385. The second kappa shape index (κ2) is 3.98. The highest BCUT2D eigenvalue weighted by Gasteiger charge is 2.13. The topological polar surface area (TPSA) is 25.2 Å². The highest BCUT2D eigenvalue weighted by Crippen LogP contribution is 2.23. The summed E-state index contributed by atoms with van der Waals surface area (Å²) in [4.78, 5) is 9.09. The highest BCUT2D eigenvalue weighted by atomic mass is 32.1. The molecule has 1 aromatic heterocycles. The van der Waals surface area contributed by atoms with Gasteiger partial charge in [0.15, 0.2) is 0 Å². The smallest absolute Gasteiger partial charge is 0.0818 e. The van der Waals surface area contributed by atoms with Gasteiger partial charge in [-0.25, -0.2) is 4.98 Å². The van der Waals surface area contributed by atoms with Crippen molar-refractivity contribution in [2.45, 2.75) is 32.2 Å². The molecule has 0 N–H and O–H groups in total. The van der Waals surface area contributed by atoms with Gasteiger partial charge in [-0.2, -0.15) is 0 Å². The average Bonchev–Trinajstić information content (AvgIpc) is 2.75. The molecule has 0 saturated carbocycles. The Kier molecular flexibility index (Phi) is 2.48. The van der Waals surface area contributed by atoms with Crippen molar-refractivity contribution in [2.24, 2.45) is 4.99 Å². The monoisotopic (exact) mass is 230 g/mol. The van der Waals surface area contributed by atoms with Crippen LogP contribution in [-0.2, 0) is 0 Å². The van der Waals surface area contributed by atoms with E-state index in [2.05, 4.69) is 30.1 Å². The summed E-state index contributed by atoms with van der Waals surface area (Å²) in [6.45, 7) is 2.19. The van der Waals surface area contributed by atoms with Gasteiger partial charge in [0.2, 0.25) is 0 Å². The van der Waals surface area contributed by atoms with E-state index in [4.69, 9.17) is 4.99 Å². The van der Waals surface area contributed by atoms with Crippen LogP contribution >= 0.6 is 11.3 Å². The van der Waals surface area contributed by atoms with Crippen LogP contribution in [0.3, 0.4) is 0 Å². The van der Waals surface area contributed by atoms with E-state index in [1.807, 2.05) is 5.51 Å². The SMILES string of the molecule is CC1CCCC(c2ccc3scnc3c2)=N1. The molecule has 1 atom stereocenters. The zero-order valence-electron chi connectivity index (χ0n) is 9.31. The van der Waals surface area contributed by atoms with Crippen LogP contribution in [0.2, 0.25) is 0 Å². The van der Waals surface area contributed by atoms with Gasteiger partial charge in [0.05, 0.1) is 15.7 Å². The quantitative estimate of drug-likeness (QED) is 0.734. The molecular weight excluding hydrogens is 216 g/mol.